The van der Waals surface area contributed by atoms with E-state index in [4.69, 9.17) is 0 Å². The number of hydrogen-bond acceptors (Lipinski definition) is 3. The summed E-state index contributed by atoms with van der Waals surface area (Å²) >= 11 is 1.71. The number of carbonyl (C=O) groups is 1. The molecule has 0 saturated carbocycles. The Morgan fingerprint density at radius 3 is 2.71 bits per heavy atom. The summed E-state index contributed by atoms with van der Waals surface area (Å²) in [5.41, 5.74) is 1.88. The first kappa shape index (κ1) is 16.9. The monoisotopic (exact) mass is 342 g/mol. The van der Waals surface area contributed by atoms with Gasteiger partial charge in [0.2, 0.25) is 0 Å². The van der Waals surface area contributed by atoms with Crippen LogP contribution in [0, 0.1) is 12.8 Å². The maximum atomic E-state index is 12.3. The Kier molecular flexibility index (Phi) is 5.43. The Labute approximate surface area is 146 Å². The van der Waals surface area contributed by atoms with Gasteiger partial charge in [0.05, 0.1) is 0 Å². The van der Waals surface area contributed by atoms with Gasteiger partial charge in [-0.2, -0.15) is 0 Å². The minimum absolute atomic E-state index is 0.0856. The highest BCUT2D eigenvalue weighted by atomic mass is 32.2. The smallest absolute Gasteiger partial charge is 0.321 e. The summed E-state index contributed by atoms with van der Waals surface area (Å²) in [5, 5.41) is 12.2. The van der Waals surface area contributed by atoms with Crippen LogP contribution in [-0.4, -0.2) is 35.7 Å². The van der Waals surface area contributed by atoms with E-state index in [0.717, 1.165) is 22.6 Å². The maximum Gasteiger partial charge on any atom is 0.321 e. The summed E-state index contributed by atoms with van der Waals surface area (Å²) in [5.74, 6) is 0.210. The number of aliphatic hydroxyl groups is 1. The topological polar surface area (TPSA) is 52.6 Å². The number of nitrogens with one attached hydrogen (secondary N) is 1. The number of nitrogens with zero attached hydrogens (tertiary/aromatic N) is 1. The van der Waals surface area contributed by atoms with E-state index >= 15 is 0 Å². The molecule has 0 spiro atoms. The molecule has 126 valence electrons. The van der Waals surface area contributed by atoms with Crippen molar-refractivity contribution in [3.8, 4) is 0 Å². The molecule has 0 aliphatic carbocycles. The number of urea groups is 1. The van der Waals surface area contributed by atoms with E-state index in [2.05, 4.69) is 23.5 Å². The van der Waals surface area contributed by atoms with Gasteiger partial charge < -0.3 is 15.3 Å². The summed E-state index contributed by atoms with van der Waals surface area (Å²) in [4.78, 5) is 16.4. The summed E-state index contributed by atoms with van der Waals surface area (Å²) in [7, 11) is 0. The predicted octanol–water partition coefficient (Wildman–Crippen LogP) is 3.99. The van der Waals surface area contributed by atoms with Gasteiger partial charge in [0.1, 0.15) is 0 Å². The number of aryl methyl sites for hydroxylation is 1. The van der Waals surface area contributed by atoms with E-state index in [1.807, 2.05) is 37.3 Å². The number of amides is 2. The molecule has 0 radical (unpaired) electrons. The third-order valence-corrected chi connectivity index (χ3v) is 5.25. The Morgan fingerprint density at radius 1 is 1.25 bits per heavy atom. The summed E-state index contributed by atoms with van der Waals surface area (Å²) in [6.45, 7) is 3.49. The summed E-state index contributed by atoms with van der Waals surface area (Å²) in [6, 6.07) is 16.2. The molecule has 1 saturated heterocycles. The summed E-state index contributed by atoms with van der Waals surface area (Å²) < 4.78 is 0. The average Bonchev–Trinajstić information content (AvgIpc) is 3.07. The van der Waals surface area contributed by atoms with Crippen LogP contribution in [0.1, 0.15) is 12.0 Å². The zero-order chi connectivity index (χ0) is 16.9. The lowest BCUT2D eigenvalue weighted by molar-refractivity contribution is 0.208. The molecule has 3 rings (SSSR count). The molecular weight excluding hydrogens is 320 g/mol. The van der Waals surface area contributed by atoms with E-state index in [0.29, 0.717) is 13.1 Å². The second-order valence-electron chi connectivity index (χ2n) is 6.11. The van der Waals surface area contributed by atoms with Crippen molar-refractivity contribution in [3.05, 3.63) is 54.1 Å². The molecule has 1 aliphatic rings. The first-order valence-electron chi connectivity index (χ1n) is 8.16. The van der Waals surface area contributed by atoms with E-state index in [-0.39, 0.29) is 18.6 Å². The normalized spacial score (nSPS) is 17.1. The van der Waals surface area contributed by atoms with Gasteiger partial charge in [0, 0.05) is 41.1 Å². The first-order valence-corrected chi connectivity index (χ1v) is 8.97. The molecule has 5 heteroatoms. The quantitative estimate of drug-likeness (QED) is 0.883. The van der Waals surface area contributed by atoms with Crippen molar-refractivity contribution in [3.63, 3.8) is 0 Å². The van der Waals surface area contributed by atoms with Gasteiger partial charge in [-0.3, -0.25) is 0 Å². The first-order chi connectivity index (χ1) is 11.7. The van der Waals surface area contributed by atoms with Crippen molar-refractivity contribution < 1.29 is 9.90 Å². The van der Waals surface area contributed by atoms with E-state index < -0.39 is 0 Å². The standard InChI is InChI=1S/C19H22N2O2S/c1-14-11-17(24-16-5-3-2-4-6-16)7-8-18(14)20-19(23)21-10-9-15(12-21)13-22/h2-8,11,15,22H,9-10,12-13H2,1H3,(H,20,23). The van der Waals surface area contributed by atoms with Gasteiger partial charge in [-0.1, -0.05) is 30.0 Å². The van der Waals surface area contributed by atoms with Crippen molar-refractivity contribution in [2.24, 2.45) is 5.92 Å². The molecule has 1 fully saturated rings. The van der Waals surface area contributed by atoms with Gasteiger partial charge >= 0.3 is 6.03 Å². The molecule has 1 heterocycles. The second kappa shape index (κ2) is 7.73. The van der Waals surface area contributed by atoms with Crippen LogP contribution in [0.3, 0.4) is 0 Å². The molecule has 1 unspecified atom stereocenters. The third kappa shape index (κ3) is 4.10. The van der Waals surface area contributed by atoms with Gasteiger partial charge in [-0.05, 0) is 49.2 Å². The number of aliphatic hydroxyl groups excluding tert-OH is 1. The Hall–Kier alpha value is -1.98. The lowest BCUT2D eigenvalue weighted by atomic mass is 10.1. The number of rotatable bonds is 4. The van der Waals surface area contributed by atoms with Crippen LogP contribution in [0.2, 0.25) is 0 Å². The Balaban J connectivity index is 1.63. The van der Waals surface area contributed by atoms with Crippen LogP contribution in [0.25, 0.3) is 0 Å². The highest BCUT2D eigenvalue weighted by Gasteiger charge is 2.25. The third-order valence-electron chi connectivity index (χ3n) is 4.25. The lowest BCUT2D eigenvalue weighted by Gasteiger charge is -2.18. The van der Waals surface area contributed by atoms with Crippen molar-refractivity contribution in [1.29, 1.82) is 0 Å². The summed E-state index contributed by atoms with van der Waals surface area (Å²) in [6.07, 6.45) is 0.871. The molecule has 0 bridgehead atoms. The van der Waals surface area contributed by atoms with Crippen LogP contribution in [0.4, 0.5) is 10.5 Å². The van der Waals surface area contributed by atoms with E-state index in [1.165, 1.54) is 4.90 Å². The number of anilines is 1. The fourth-order valence-corrected chi connectivity index (χ4v) is 3.76. The number of carbonyl (C=O) groups excluding carboxylic acids is 1. The molecule has 2 N–H and O–H groups in total. The Bertz CT molecular complexity index is 706. The molecule has 1 atom stereocenters. The fraction of sp³-hybridized carbons (Fsp3) is 0.316. The maximum absolute atomic E-state index is 12.3. The van der Waals surface area contributed by atoms with Crippen LogP contribution < -0.4 is 5.32 Å². The molecule has 2 aromatic carbocycles. The zero-order valence-corrected chi connectivity index (χ0v) is 14.6. The Morgan fingerprint density at radius 2 is 2.04 bits per heavy atom. The fourth-order valence-electron chi connectivity index (χ4n) is 2.82. The van der Waals surface area contributed by atoms with Crippen LogP contribution in [-0.2, 0) is 0 Å². The van der Waals surface area contributed by atoms with Gasteiger partial charge in [-0.15, -0.1) is 0 Å². The molecule has 2 amide bonds. The molecule has 1 aliphatic heterocycles. The van der Waals surface area contributed by atoms with Gasteiger partial charge in [0.25, 0.3) is 0 Å². The van der Waals surface area contributed by atoms with Gasteiger partial charge in [-0.25, -0.2) is 4.79 Å². The van der Waals surface area contributed by atoms with Crippen LogP contribution >= 0.6 is 11.8 Å². The van der Waals surface area contributed by atoms with Crippen molar-refractivity contribution in [2.75, 3.05) is 25.0 Å². The van der Waals surface area contributed by atoms with Crippen molar-refractivity contribution >= 4 is 23.5 Å². The molecular formula is C19H22N2O2S. The molecule has 0 aromatic heterocycles. The molecule has 4 nitrogen and oxygen atoms in total. The van der Waals surface area contributed by atoms with Gasteiger partial charge in [0.15, 0.2) is 0 Å². The highest BCUT2D eigenvalue weighted by Crippen LogP contribution is 2.30. The SMILES string of the molecule is Cc1cc(Sc2ccccc2)ccc1NC(=O)N1CCC(CO)C1. The zero-order valence-electron chi connectivity index (χ0n) is 13.7. The number of hydrogen-bond donors (Lipinski definition) is 2. The minimum atomic E-state index is -0.0856. The highest BCUT2D eigenvalue weighted by molar-refractivity contribution is 7.99. The number of likely N-dealkylation sites (tertiary alicyclic amines) is 1. The van der Waals surface area contributed by atoms with Crippen LogP contribution in [0.5, 0.6) is 0 Å². The van der Waals surface area contributed by atoms with Crippen molar-refractivity contribution in [1.82, 2.24) is 4.90 Å². The average molecular weight is 342 g/mol. The largest absolute Gasteiger partial charge is 0.396 e. The predicted molar refractivity (Wildman–Crippen MR) is 97.5 cm³/mol. The second-order valence-corrected chi connectivity index (χ2v) is 7.25. The molecule has 24 heavy (non-hydrogen) atoms. The number of benzene rings is 2. The van der Waals surface area contributed by atoms with E-state index in [9.17, 15) is 9.90 Å². The van der Waals surface area contributed by atoms with E-state index in [1.54, 1.807) is 16.7 Å². The lowest BCUT2D eigenvalue weighted by Crippen LogP contribution is -2.33. The van der Waals surface area contributed by atoms with Crippen LogP contribution in [0.15, 0.2) is 58.3 Å². The molecule has 2 aromatic rings. The van der Waals surface area contributed by atoms with Crippen molar-refractivity contribution in [2.45, 2.75) is 23.1 Å². The minimum Gasteiger partial charge on any atom is -0.396 e.